The topological polar surface area (TPSA) is 87.0 Å². The summed E-state index contributed by atoms with van der Waals surface area (Å²) in [4.78, 5) is 24.2. The van der Waals surface area contributed by atoms with Crippen LogP contribution in [0.1, 0.15) is 51.7 Å². The monoisotopic (exact) mass is 426 g/mol. The van der Waals surface area contributed by atoms with Crippen molar-refractivity contribution in [3.05, 3.63) is 45.5 Å². The van der Waals surface area contributed by atoms with E-state index in [1.165, 1.54) is 26.4 Å². The summed E-state index contributed by atoms with van der Waals surface area (Å²) in [5.74, 6) is -5.47. The molecule has 0 spiro atoms. The molecule has 1 aliphatic rings. The van der Waals surface area contributed by atoms with Gasteiger partial charge >= 0.3 is 5.97 Å². The Hall–Kier alpha value is -2.87. The SMILES string of the molecule is [2H]C([2H])([2H])C(C([2H])([2H])[2H])[C@]1([2H])Cc2cc(OCCCOC)c(OC)cc2-c2c(F)c(=O)c(C(=O)O)cn21. The number of carboxylic acids is 1. The Bertz CT molecular complexity index is 1250. The van der Waals surface area contributed by atoms with Crippen LogP contribution in [0.25, 0.3) is 11.3 Å². The molecule has 3 rings (SSSR count). The second-order valence-electron chi connectivity index (χ2n) is 6.67. The molecular weight excluding hydrogens is 393 g/mol. The molecule has 0 unspecified atom stereocenters. The molecule has 1 N–H and O–H groups in total. The highest BCUT2D eigenvalue weighted by atomic mass is 19.1. The maximum absolute atomic E-state index is 15.6. The number of methoxy groups -OCH3 is 2. The van der Waals surface area contributed by atoms with E-state index >= 15 is 4.39 Å². The van der Waals surface area contributed by atoms with E-state index in [4.69, 9.17) is 23.8 Å². The van der Waals surface area contributed by atoms with Crippen molar-refractivity contribution in [1.29, 1.82) is 0 Å². The highest BCUT2D eigenvalue weighted by molar-refractivity contribution is 5.88. The van der Waals surface area contributed by atoms with Gasteiger partial charge in [0, 0.05) is 46.1 Å². The van der Waals surface area contributed by atoms with E-state index in [1.54, 1.807) is 0 Å². The molecule has 162 valence electrons. The number of carboxylic acid groups (broad SMARTS) is 1. The van der Waals surface area contributed by atoms with Crippen LogP contribution >= 0.6 is 0 Å². The minimum absolute atomic E-state index is 0.00494. The molecule has 0 radical (unpaired) electrons. The van der Waals surface area contributed by atoms with Crippen LogP contribution < -0.4 is 14.9 Å². The van der Waals surface area contributed by atoms with E-state index in [2.05, 4.69) is 0 Å². The molecule has 0 aliphatic carbocycles. The summed E-state index contributed by atoms with van der Waals surface area (Å²) in [7, 11) is 2.83. The Balaban J connectivity index is 2.38. The highest BCUT2D eigenvalue weighted by Gasteiger charge is 2.32. The molecule has 1 aromatic carbocycles. The lowest BCUT2D eigenvalue weighted by molar-refractivity contribution is 0.0693. The number of ether oxygens (including phenoxy) is 3. The van der Waals surface area contributed by atoms with Crippen LogP contribution in [0.5, 0.6) is 11.5 Å². The van der Waals surface area contributed by atoms with Crippen LogP contribution in [-0.2, 0) is 11.2 Å². The Morgan fingerprint density at radius 3 is 2.77 bits per heavy atom. The molecule has 7 nitrogen and oxygen atoms in total. The van der Waals surface area contributed by atoms with Crippen molar-refractivity contribution in [3.63, 3.8) is 0 Å². The third-order valence-corrected chi connectivity index (χ3v) is 4.79. The van der Waals surface area contributed by atoms with Crippen LogP contribution in [0.4, 0.5) is 4.39 Å². The molecule has 1 aliphatic heterocycles. The predicted octanol–water partition coefficient (Wildman–Crippen LogP) is 3.53. The molecule has 0 fully saturated rings. The summed E-state index contributed by atoms with van der Waals surface area (Å²) in [6.45, 7) is -5.89. The van der Waals surface area contributed by atoms with Gasteiger partial charge in [-0.1, -0.05) is 13.7 Å². The number of fused-ring (bicyclic) bond motifs is 3. The maximum atomic E-state index is 15.6. The van der Waals surface area contributed by atoms with Gasteiger partial charge in [0.15, 0.2) is 17.3 Å². The summed E-state index contributed by atoms with van der Waals surface area (Å²) < 4.78 is 88.9. The van der Waals surface area contributed by atoms with E-state index in [-0.39, 0.29) is 29.2 Å². The van der Waals surface area contributed by atoms with E-state index in [0.717, 1.165) is 0 Å². The summed E-state index contributed by atoms with van der Waals surface area (Å²) in [6.07, 6.45) is 0.561. The van der Waals surface area contributed by atoms with Crippen LogP contribution in [0.3, 0.4) is 0 Å². The lowest BCUT2D eigenvalue weighted by atomic mass is 9.87. The number of carbonyl (C=O) groups is 1. The molecule has 0 saturated heterocycles. The third kappa shape index (κ3) is 3.92. The largest absolute Gasteiger partial charge is 0.493 e. The van der Waals surface area contributed by atoms with Crippen molar-refractivity contribution < 1.29 is 38.1 Å². The first kappa shape index (κ1) is 14.2. The number of halogens is 1. The zero-order valence-corrected chi connectivity index (χ0v) is 16.5. The number of nitrogens with zero attached hydrogens (tertiary/aromatic N) is 1. The van der Waals surface area contributed by atoms with Crippen LogP contribution in [0.2, 0.25) is 0 Å². The molecule has 8 heteroatoms. The molecular formula is C22H26FNO6. The zero-order valence-electron chi connectivity index (χ0n) is 23.5. The first-order valence-corrected chi connectivity index (χ1v) is 9.09. The molecule has 1 atom stereocenters. The van der Waals surface area contributed by atoms with Gasteiger partial charge in [-0.2, -0.15) is 0 Å². The molecule has 1 aromatic heterocycles. The summed E-state index contributed by atoms with van der Waals surface area (Å²) >= 11 is 0. The second kappa shape index (κ2) is 8.87. The Kier molecular flexibility index (Phi) is 4.20. The van der Waals surface area contributed by atoms with E-state index in [0.29, 0.717) is 23.8 Å². The van der Waals surface area contributed by atoms with Crippen molar-refractivity contribution in [2.45, 2.75) is 32.6 Å². The Morgan fingerprint density at radius 2 is 2.13 bits per heavy atom. The average molecular weight is 426 g/mol. The first-order valence-electron chi connectivity index (χ1n) is 12.6. The number of hydrogen-bond acceptors (Lipinski definition) is 5. The summed E-state index contributed by atoms with van der Waals surface area (Å²) in [6, 6.07) is 0.0490. The number of benzene rings is 1. The van der Waals surface area contributed by atoms with E-state index in [1.807, 2.05) is 0 Å². The fourth-order valence-corrected chi connectivity index (χ4v) is 3.36. The van der Waals surface area contributed by atoms with Gasteiger partial charge in [-0.05, 0) is 30.0 Å². The average Bonchev–Trinajstić information content (AvgIpc) is 2.76. The Labute approximate surface area is 183 Å². The number of pyridine rings is 1. The van der Waals surface area contributed by atoms with Gasteiger partial charge in [0.1, 0.15) is 5.56 Å². The maximum Gasteiger partial charge on any atom is 0.341 e. The zero-order chi connectivity index (χ0) is 27.9. The minimum Gasteiger partial charge on any atom is -0.493 e. The van der Waals surface area contributed by atoms with Crippen molar-refractivity contribution in [3.8, 4) is 22.8 Å². The van der Waals surface area contributed by atoms with E-state index in [9.17, 15) is 14.7 Å². The molecule has 0 bridgehead atoms. The molecule has 30 heavy (non-hydrogen) atoms. The van der Waals surface area contributed by atoms with Gasteiger partial charge in [0.25, 0.3) is 0 Å². The lowest BCUT2D eigenvalue weighted by Crippen LogP contribution is -2.30. The van der Waals surface area contributed by atoms with Crippen molar-refractivity contribution >= 4 is 5.97 Å². The van der Waals surface area contributed by atoms with Crippen molar-refractivity contribution in [2.24, 2.45) is 5.92 Å². The van der Waals surface area contributed by atoms with Gasteiger partial charge in [-0.25, -0.2) is 9.18 Å². The van der Waals surface area contributed by atoms with Crippen molar-refractivity contribution in [1.82, 2.24) is 4.57 Å². The number of hydrogen-bond donors (Lipinski definition) is 1. The van der Waals surface area contributed by atoms with Crippen LogP contribution in [0.15, 0.2) is 23.1 Å². The summed E-state index contributed by atoms with van der Waals surface area (Å²) in [5.41, 5.74) is -3.05. The van der Waals surface area contributed by atoms with Crippen molar-refractivity contribution in [2.75, 3.05) is 27.4 Å². The number of aromatic carboxylic acids is 1. The molecule has 2 heterocycles. The van der Waals surface area contributed by atoms with E-state index < -0.39 is 60.5 Å². The van der Waals surface area contributed by atoms with Gasteiger partial charge in [-0.3, -0.25) is 4.79 Å². The summed E-state index contributed by atoms with van der Waals surface area (Å²) in [5, 5.41) is 9.45. The second-order valence-corrected chi connectivity index (χ2v) is 6.67. The molecule has 2 aromatic rings. The van der Waals surface area contributed by atoms with Gasteiger partial charge in [0.2, 0.25) is 5.43 Å². The molecule has 0 amide bonds. The van der Waals surface area contributed by atoms with Gasteiger partial charge < -0.3 is 23.9 Å². The standard InChI is InChI=1S/C22H26FNO6/c1-12(2)16-8-13-9-18(30-7-5-6-28-3)17(29-4)10-14(13)20-19(23)21(25)15(22(26)27)11-24(16)20/h9-12,16H,5-8H2,1-4H3,(H,26,27)/t16-/m0/s1/i1D3,2D3,16D. The Morgan fingerprint density at radius 1 is 1.37 bits per heavy atom. The van der Waals surface area contributed by atoms with Crippen LogP contribution in [0, 0.1) is 11.7 Å². The predicted molar refractivity (Wildman–Crippen MR) is 109 cm³/mol. The quantitative estimate of drug-likeness (QED) is 0.650. The lowest BCUT2D eigenvalue weighted by Gasteiger charge is -2.34. The van der Waals surface area contributed by atoms with Gasteiger partial charge in [-0.15, -0.1) is 0 Å². The normalized spacial score (nSPS) is 21.7. The van der Waals surface area contributed by atoms with Gasteiger partial charge in [0.05, 0.1) is 20.8 Å². The number of aromatic nitrogens is 1. The minimum atomic E-state index is -3.24. The fourth-order valence-electron chi connectivity index (χ4n) is 3.36. The first-order chi connectivity index (χ1) is 17.1. The fraction of sp³-hybridized carbons (Fsp3) is 0.455. The third-order valence-electron chi connectivity index (χ3n) is 4.79. The number of rotatable bonds is 8. The van der Waals surface area contributed by atoms with Crippen LogP contribution in [-0.4, -0.2) is 43.1 Å². The highest BCUT2D eigenvalue weighted by Crippen LogP contribution is 2.43. The molecule has 0 saturated carbocycles. The smallest absolute Gasteiger partial charge is 0.341 e.